The minimum absolute atomic E-state index is 0. The number of aromatic amines is 2. The average molecular weight is 884 g/mol. The fraction of sp³-hybridized carbons (Fsp3) is 0.383. The van der Waals surface area contributed by atoms with E-state index in [0.29, 0.717) is 11.0 Å². The zero-order valence-corrected chi connectivity index (χ0v) is 37.0. The third kappa shape index (κ3) is 15.1. The number of benzene rings is 4. The number of unbranched alkanes of at least 4 members (excludes halogenated alkanes) is 1. The molecule has 6 aromatic rings. The van der Waals surface area contributed by atoms with Crippen molar-refractivity contribution in [3.8, 4) is 11.5 Å². The van der Waals surface area contributed by atoms with E-state index in [0.717, 1.165) is 24.6 Å². The number of ketones is 1. The van der Waals surface area contributed by atoms with Crippen LogP contribution in [0.3, 0.4) is 0 Å². The van der Waals surface area contributed by atoms with E-state index < -0.39 is 65.5 Å². The number of carbonyl (C=O) groups is 1. The molecule has 0 saturated heterocycles. The zero-order chi connectivity index (χ0) is 46.7. The number of carbonyl (C=O) groups excluding carboxylic acids is 1. The van der Waals surface area contributed by atoms with E-state index in [9.17, 15) is 45.0 Å². The van der Waals surface area contributed by atoms with Crippen molar-refractivity contribution in [2.45, 2.75) is 102 Å². The molecule has 0 aliphatic rings. The van der Waals surface area contributed by atoms with Crippen molar-refractivity contribution in [1.82, 2.24) is 15.0 Å². The van der Waals surface area contributed by atoms with Crippen LogP contribution >= 0.6 is 0 Å². The first-order valence-electron chi connectivity index (χ1n) is 19.6. The van der Waals surface area contributed by atoms with Crippen molar-refractivity contribution in [1.29, 1.82) is 0 Å². The molecule has 0 amide bonds. The Labute approximate surface area is 375 Å². The molecule has 16 heteroatoms. The number of halogens is 8. The number of H-pyrrole nitrogens is 2. The van der Waals surface area contributed by atoms with Crippen LogP contribution in [0, 0.1) is 25.5 Å². The Kier molecular flexibility index (Phi) is 19.5. The van der Waals surface area contributed by atoms with Crippen molar-refractivity contribution in [3.05, 3.63) is 132 Å². The average Bonchev–Trinajstić information content (AvgIpc) is 3.79. The maximum atomic E-state index is 14.0. The van der Waals surface area contributed by atoms with Crippen LogP contribution < -0.4 is 28.3 Å². The normalized spacial score (nSPS) is 12.7. The molecule has 2 heterocycles. The summed E-state index contributed by atoms with van der Waals surface area (Å²) in [5.74, 6) is -2.51. The van der Waals surface area contributed by atoms with Crippen LogP contribution in [0.4, 0.5) is 35.1 Å². The number of rotatable bonds is 11. The molecule has 0 saturated carbocycles. The Morgan fingerprint density at radius 3 is 1.70 bits per heavy atom. The molecule has 0 aliphatic carbocycles. The van der Waals surface area contributed by atoms with Crippen LogP contribution in [-0.2, 0) is 22.0 Å². The smallest absolute Gasteiger partial charge is 0.496 e. The van der Waals surface area contributed by atoms with Gasteiger partial charge in [0.05, 0.1) is 25.3 Å². The van der Waals surface area contributed by atoms with Crippen molar-refractivity contribution in [3.63, 3.8) is 0 Å². The summed E-state index contributed by atoms with van der Waals surface area (Å²) in [4.78, 5) is 21.3. The Morgan fingerprint density at radius 2 is 1.24 bits per heavy atom. The van der Waals surface area contributed by atoms with Crippen LogP contribution in [0.5, 0.6) is 11.5 Å². The van der Waals surface area contributed by atoms with E-state index in [1.807, 2.05) is 6.07 Å². The summed E-state index contributed by atoms with van der Waals surface area (Å²) in [6, 6.07) is 24.5. The van der Waals surface area contributed by atoms with Crippen LogP contribution in [0.25, 0.3) is 21.9 Å². The SMILES string of the molecule is COc1ccc(F)cc1C(C)(C)CC(=O)C(F)(F)F.COc1ccc(F)cc1C(C)(C)CC(O)(Cc1nc2ccccc2[nH]1)C(F)(F)F.Cc1cc2ccccc2[nH]1.[CH2-]CCC.[Li+]. The summed E-state index contributed by atoms with van der Waals surface area (Å²) < 4.78 is 116. The minimum atomic E-state index is -4.93. The van der Waals surface area contributed by atoms with Gasteiger partial charge in [0.25, 0.3) is 0 Å². The number of imidazole rings is 1. The minimum Gasteiger partial charge on any atom is -0.496 e. The standard InChI is InChI=1S/C21H22F4N2O2.C13H14F4O2.C9H9N.C4H9.Li/c1-19(2,14-10-13(22)8-9-17(14)29-3)12-20(28,21(23,24)25)11-18-26-15-6-4-5-7-16(15)27-18;1-12(2,7-11(18)13(15,16)17)9-6-8(14)4-5-10(9)19-3;1-7-6-8-4-2-3-5-9(8)10-7;1-3-4-2;/h4-10,28H,11-12H2,1-3H3,(H,26,27);4-6H,7H2,1-3H3;2-6,10H,1H3;1,3-4H2,2H3;/q;;;-1;+1. The predicted molar refractivity (Wildman–Crippen MR) is 226 cm³/mol. The summed E-state index contributed by atoms with van der Waals surface area (Å²) in [5.41, 5.74) is -1.50. The molecule has 0 spiro atoms. The monoisotopic (exact) mass is 883 g/mol. The molecule has 3 N–H and O–H groups in total. The summed E-state index contributed by atoms with van der Waals surface area (Å²) >= 11 is 0. The van der Waals surface area contributed by atoms with Gasteiger partial charge in [0.15, 0.2) is 5.60 Å². The third-order valence-corrected chi connectivity index (χ3v) is 9.88. The van der Waals surface area contributed by atoms with Gasteiger partial charge in [0.1, 0.15) is 29.0 Å². The van der Waals surface area contributed by atoms with Gasteiger partial charge in [-0.3, -0.25) is 4.79 Å². The Hall–Kier alpha value is -4.84. The maximum Gasteiger partial charge on any atom is 1.00 e. The molecule has 338 valence electrons. The number of ether oxygens (including phenoxy) is 2. The van der Waals surface area contributed by atoms with Gasteiger partial charge in [0.2, 0.25) is 5.78 Å². The molecule has 6 rings (SSSR count). The van der Waals surface area contributed by atoms with Gasteiger partial charge >= 0.3 is 31.2 Å². The molecule has 63 heavy (non-hydrogen) atoms. The van der Waals surface area contributed by atoms with Crippen LogP contribution in [0.15, 0.2) is 91.0 Å². The number of para-hydroxylation sites is 3. The van der Waals surface area contributed by atoms with Crippen molar-refractivity contribution in [2.75, 3.05) is 14.2 Å². The van der Waals surface area contributed by atoms with E-state index in [1.165, 1.54) is 83.1 Å². The first-order chi connectivity index (χ1) is 28.8. The van der Waals surface area contributed by atoms with Gasteiger partial charge in [0, 0.05) is 40.6 Å². The Balaban J connectivity index is 0.000000342. The number of methoxy groups -OCH3 is 2. The summed E-state index contributed by atoms with van der Waals surface area (Å²) in [6.07, 6.45) is -9.77. The topological polar surface area (TPSA) is 100 Å². The Bertz CT molecular complexity index is 2300. The fourth-order valence-corrected chi connectivity index (χ4v) is 6.69. The maximum absolute atomic E-state index is 14.0. The van der Waals surface area contributed by atoms with Crippen LogP contribution in [-0.4, -0.2) is 58.0 Å². The molecule has 0 fully saturated rings. The summed E-state index contributed by atoms with van der Waals surface area (Å²) in [5, 5.41) is 12.0. The second kappa shape index (κ2) is 22.7. The zero-order valence-electron chi connectivity index (χ0n) is 37.0. The van der Waals surface area contributed by atoms with Crippen molar-refractivity contribution >= 4 is 27.7 Å². The van der Waals surface area contributed by atoms with Crippen LogP contribution in [0.1, 0.15) is 82.9 Å². The van der Waals surface area contributed by atoms with Gasteiger partial charge < -0.3 is 31.5 Å². The van der Waals surface area contributed by atoms with Gasteiger partial charge in [-0.15, -0.1) is 0 Å². The van der Waals surface area contributed by atoms with E-state index in [4.69, 9.17) is 9.47 Å². The predicted octanol–water partition coefficient (Wildman–Crippen LogP) is 9.65. The number of Topliss-reactive ketones (excluding diaryl/α,β-unsaturated/α-hetero) is 1. The number of nitrogens with one attached hydrogen (secondary N) is 2. The van der Waals surface area contributed by atoms with Gasteiger partial charge in [-0.05, 0) is 84.8 Å². The molecular formula is C47H54F8LiN3O4. The second-order valence-corrected chi connectivity index (χ2v) is 16.0. The van der Waals surface area contributed by atoms with E-state index in [1.54, 1.807) is 24.3 Å². The molecule has 0 bridgehead atoms. The molecular weight excluding hydrogens is 829 g/mol. The molecule has 2 aromatic heterocycles. The number of aryl methyl sites for hydroxylation is 1. The third-order valence-electron chi connectivity index (χ3n) is 9.88. The molecule has 0 radical (unpaired) electrons. The largest absolute Gasteiger partial charge is 1.00 e. The van der Waals surface area contributed by atoms with Crippen molar-refractivity contribution < 1.29 is 73.4 Å². The Morgan fingerprint density at radius 1 is 0.746 bits per heavy atom. The van der Waals surface area contributed by atoms with E-state index >= 15 is 0 Å². The van der Waals surface area contributed by atoms with Gasteiger partial charge in [-0.2, -0.15) is 32.8 Å². The molecule has 4 aromatic carbocycles. The number of aromatic nitrogens is 3. The van der Waals surface area contributed by atoms with E-state index in [-0.39, 0.29) is 47.3 Å². The van der Waals surface area contributed by atoms with Crippen LogP contribution in [0.2, 0.25) is 0 Å². The molecule has 1 unspecified atom stereocenters. The first kappa shape index (κ1) is 54.3. The molecule has 0 aliphatic heterocycles. The number of nitrogens with zero attached hydrogens (tertiary/aromatic N) is 1. The molecule has 1 atom stereocenters. The van der Waals surface area contributed by atoms with E-state index in [2.05, 4.69) is 60.0 Å². The number of aliphatic hydroxyl groups is 1. The quantitative estimate of drug-likeness (QED) is 0.0684. The summed E-state index contributed by atoms with van der Waals surface area (Å²) in [7, 11) is 2.69. The number of alkyl halides is 6. The van der Waals surface area contributed by atoms with Gasteiger partial charge in [-0.25, -0.2) is 13.8 Å². The number of hydrogen-bond acceptors (Lipinski definition) is 5. The second-order valence-electron chi connectivity index (χ2n) is 16.0. The number of hydrogen-bond donors (Lipinski definition) is 3. The summed E-state index contributed by atoms with van der Waals surface area (Å²) in [6.45, 7) is 13.7. The fourth-order valence-electron chi connectivity index (χ4n) is 6.69. The number of fused-ring (bicyclic) bond motifs is 2. The van der Waals surface area contributed by atoms with Crippen molar-refractivity contribution in [2.24, 2.45) is 0 Å². The molecule has 7 nitrogen and oxygen atoms in total. The van der Waals surface area contributed by atoms with Gasteiger partial charge in [-0.1, -0.05) is 71.4 Å². The first-order valence-corrected chi connectivity index (χ1v) is 19.6.